The van der Waals surface area contributed by atoms with Gasteiger partial charge in [-0.15, -0.1) is 0 Å². The highest BCUT2D eigenvalue weighted by atomic mass is 15.2. The van der Waals surface area contributed by atoms with E-state index in [0.29, 0.717) is 6.04 Å². The Labute approximate surface area is 85.9 Å². The molecule has 1 aromatic carbocycles. The fraction of sp³-hybridized carbons (Fsp3) is 0.500. The molecule has 1 unspecified atom stereocenters. The van der Waals surface area contributed by atoms with Gasteiger partial charge in [-0.05, 0) is 19.0 Å². The smallest absolute Gasteiger partial charge is 0.0234 e. The predicted octanol–water partition coefficient (Wildman–Crippen LogP) is 1.48. The summed E-state index contributed by atoms with van der Waals surface area (Å²) in [6.45, 7) is 3.50. The van der Waals surface area contributed by atoms with E-state index in [1.54, 1.807) is 0 Å². The molecule has 1 aromatic rings. The van der Waals surface area contributed by atoms with Gasteiger partial charge in [-0.2, -0.15) is 0 Å². The number of hydrogen-bond donors (Lipinski definition) is 1. The molecule has 1 fully saturated rings. The molecule has 1 saturated heterocycles. The number of likely N-dealkylation sites (N-methyl/N-ethyl adjacent to an activating group) is 1. The molecule has 1 N–H and O–H groups in total. The standard InChI is InChI=1S/C12H18N2/c1-13-12-7-8-14(10-12)9-11-5-3-2-4-6-11/h2-6,12-13H,7-10H2,1H3. The van der Waals surface area contributed by atoms with E-state index in [9.17, 15) is 0 Å². The van der Waals surface area contributed by atoms with E-state index in [1.165, 1.54) is 25.1 Å². The number of hydrogen-bond acceptors (Lipinski definition) is 2. The second-order valence-corrected chi connectivity index (χ2v) is 3.99. The van der Waals surface area contributed by atoms with Gasteiger partial charge in [-0.1, -0.05) is 30.3 Å². The fourth-order valence-corrected chi connectivity index (χ4v) is 2.05. The SMILES string of the molecule is CNC1CCN(Cc2ccccc2)C1. The van der Waals surface area contributed by atoms with Crippen LogP contribution in [0.2, 0.25) is 0 Å². The van der Waals surface area contributed by atoms with Gasteiger partial charge in [0.05, 0.1) is 0 Å². The molecule has 1 heterocycles. The van der Waals surface area contributed by atoms with E-state index in [-0.39, 0.29) is 0 Å². The van der Waals surface area contributed by atoms with Gasteiger partial charge in [0.25, 0.3) is 0 Å². The minimum absolute atomic E-state index is 0.693. The van der Waals surface area contributed by atoms with Crippen LogP contribution in [-0.4, -0.2) is 31.1 Å². The van der Waals surface area contributed by atoms with Crippen molar-refractivity contribution in [1.82, 2.24) is 10.2 Å². The summed E-state index contributed by atoms with van der Waals surface area (Å²) in [6, 6.07) is 11.4. The van der Waals surface area contributed by atoms with Gasteiger partial charge in [-0.25, -0.2) is 0 Å². The molecule has 1 aliphatic rings. The lowest BCUT2D eigenvalue weighted by Crippen LogP contribution is -2.29. The average molecular weight is 190 g/mol. The Bertz CT molecular complexity index is 271. The summed E-state index contributed by atoms with van der Waals surface area (Å²) in [5.74, 6) is 0. The van der Waals surface area contributed by atoms with Gasteiger partial charge in [0, 0.05) is 25.7 Å². The fourth-order valence-electron chi connectivity index (χ4n) is 2.05. The van der Waals surface area contributed by atoms with Gasteiger partial charge in [-0.3, -0.25) is 4.90 Å². The van der Waals surface area contributed by atoms with Crippen LogP contribution in [0, 0.1) is 0 Å². The molecule has 0 bridgehead atoms. The number of likely N-dealkylation sites (tertiary alicyclic amines) is 1. The molecule has 0 aliphatic carbocycles. The third kappa shape index (κ3) is 2.34. The van der Waals surface area contributed by atoms with Crippen molar-refractivity contribution < 1.29 is 0 Å². The highest BCUT2D eigenvalue weighted by Crippen LogP contribution is 2.12. The molecule has 76 valence electrons. The van der Waals surface area contributed by atoms with E-state index >= 15 is 0 Å². The summed E-state index contributed by atoms with van der Waals surface area (Å²) in [6.07, 6.45) is 1.28. The topological polar surface area (TPSA) is 15.3 Å². The highest BCUT2D eigenvalue weighted by Gasteiger charge is 2.20. The number of benzene rings is 1. The Morgan fingerprint density at radius 3 is 2.79 bits per heavy atom. The van der Waals surface area contributed by atoms with Gasteiger partial charge in [0.2, 0.25) is 0 Å². The first-order chi connectivity index (χ1) is 6.88. The van der Waals surface area contributed by atoms with Gasteiger partial charge in [0.1, 0.15) is 0 Å². The molecular formula is C12H18N2. The van der Waals surface area contributed by atoms with Crippen LogP contribution in [0.1, 0.15) is 12.0 Å². The Morgan fingerprint density at radius 2 is 2.14 bits per heavy atom. The van der Waals surface area contributed by atoms with Crippen molar-refractivity contribution in [2.75, 3.05) is 20.1 Å². The van der Waals surface area contributed by atoms with Crippen LogP contribution < -0.4 is 5.32 Å². The molecular weight excluding hydrogens is 172 g/mol. The summed E-state index contributed by atoms with van der Waals surface area (Å²) in [7, 11) is 2.05. The monoisotopic (exact) mass is 190 g/mol. The number of rotatable bonds is 3. The van der Waals surface area contributed by atoms with Crippen LogP contribution in [0.5, 0.6) is 0 Å². The Balaban J connectivity index is 1.88. The first-order valence-electron chi connectivity index (χ1n) is 5.32. The number of nitrogens with zero attached hydrogens (tertiary/aromatic N) is 1. The van der Waals surface area contributed by atoms with Crippen molar-refractivity contribution in [1.29, 1.82) is 0 Å². The largest absolute Gasteiger partial charge is 0.316 e. The van der Waals surface area contributed by atoms with Crippen molar-refractivity contribution in [2.45, 2.75) is 19.0 Å². The van der Waals surface area contributed by atoms with Crippen LogP contribution in [0.3, 0.4) is 0 Å². The Hall–Kier alpha value is -0.860. The van der Waals surface area contributed by atoms with Crippen molar-refractivity contribution in [3.63, 3.8) is 0 Å². The zero-order valence-electron chi connectivity index (χ0n) is 8.74. The Morgan fingerprint density at radius 1 is 1.36 bits per heavy atom. The second kappa shape index (κ2) is 4.58. The quantitative estimate of drug-likeness (QED) is 0.776. The first-order valence-corrected chi connectivity index (χ1v) is 5.32. The zero-order chi connectivity index (χ0) is 9.80. The van der Waals surface area contributed by atoms with Crippen LogP contribution in [0.25, 0.3) is 0 Å². The summed E-state index contributed by atoms with van der Waals surface area (Å²) in [5, 5.41) is 3.34. The molecule has 2 nitrogen and oxygen atoms in total. The molecule has 0 spiro atoms. The van der Waals surface area contributed by atoms with Crippen molar-refractivity contribution in [2.24, 2.45) is 0 Å². The van der Waals surface area contributed by atoms with Crippen LogP contribution >= 0.6 is 0 Å². The number of nitrogens with one attached hydrogen (secondary N) is 1. The molecule has 0 aromatic heterocycles. The second-order valence-electron chi connectivity index (χ2n) is 3.99. The summed E-state index contributed by atoms with van der Waals surface area (Å²) in [4.78, 5) is 2.51. The van der Waals surface area contributed by atoms with Crippen molar-refractivity contribution >= 4 is 0 Å². The molecule has 0 radical (unpaired) electrons. The lowest BCUT2D eigenvalue weighted by Gasteiger charge is -2.15. The molecule has 2 heteroatoms. The van der Waals surface area contributed by atoms with Gasteiger partial charge >= 0.3 is 0 Å². The Kier molecular flexibility index (Phi) is 3.17. The van der Waals surface area contributed by atoms with E-state index < -0.39 is 0 Å². The summed E-state index contributed by atoms with van der Waals surface area (Å²) >= 11 is 0. The average Bonchev–Trinajstić information content (AvgIpc) is 2.67. The maximum atomic E-state index is 3.34. The minimum atomic E-state index is 0.693. The summed E-state index contributed by atoms with van der Waals surface area (Å²) < 4.78 is 0. The van der Waals surface area contributed by atoms with E-state index in [2.05, 4.69) is 47.6 Å². The molecule has 14 heavy (non-hydrogen) atoms. The highest BCUT2D eigenvalue weighted by molar-refractivity contribution is 5.14. The molecule has 0 amide bonds. The zero-order valence-corrected chi connectivity index (χ0v) is 8.74. The maximum absolute atomic E-state index is 3.34. The van der Waals surface area contributed by atoms with Crippen LogP contribution in [0.15, 0.2) is 30.3 Å². The van der Waals surface area contributed by atoms with E-state index in [1.807, 2.05) is 0 Å². The third-order valence-corrected chi connectivity index (χ3v) is 2.93. The molecule has 0 saturated carbocycles. The van der Waals surface area contributed by atoms with Crippen molar-refractivity contribution in [3.8, 4) is 0 Å². The molecule has 1 atom stereocenters. The summed E-state index contributed by atoms with van der Waals surface area (Å²) in [5.41, 5.74) is 1.42. The minimum Gasteiger partial charge on any atom is -0.316 e. The molecule has 1 aliphatic heterocycles. The normalized spacial score (nSPS) is 22.8. The van der Waals surface area contributed by atoms with E-state index in [4.69, 9.17) is 0 Å². The lowest BCUT2D eigenvalue weighted by atomic mass is 10.2. The van der Waals surface area contributed by atoms with Gasteiger partial charge in [0.15, 0.2) is 0 Å². The van der Waals surface area contributed by atoms with Crippen LogP contribution in [-0.2, 0) is 6.54 Å². The maximum Gasteiger partial charge on any atom is 0.0234 e. The van der Waals surface area contributed by atoms with Crippen LogP contribution in [0.4, 0.5) is 0 Å². The van der Waals surface area contributed by atoms with E-state index in [0.717, 1.165) is 6.54 Å². The first kappa shape index (κ1) is 9.69. The molecule has 2 rings (SSSR count). The lowest BCUT2D eigenvalue weighted by molar-refractivity contribution is 0.322. The van der Waals surface area contributed by atoms with Gasteiger partial charge < -0.3 is 5.32 Å². The predicted molar refractivity (Wildman–Crippen MR) is 59.2 cm³/mol. The third-order valence-electron chi connectivity index (χ3n) is 2.93. The van der Waals surface area contributed by atoms with Crippen molar-refractivity contribution in [3.05, 3.63) is 35.9 Å².